The Labute approximate surface area is 136 Å². The molecule has 5 nitrogen and oxygen atoms in total. The lowest BCUT2D eigenvalue weighted by Crippen LogP contribution is -2.62. The van der Waals surface area contributed by atoms with Crippen LogP contribution in [0.4, 0.5) is 0 Å². The first kappa shape index (κ1) is 15.9. The first-order valence-corrected chi connectivity index (χ1v) is 8.05. The number of aromatic nitrogens is 2. The highest BCUT2D eigenvalue weighted by molar-refractivity contribution is 5.94. The largest absolute Gasteiger partial charge is 0.378 e. The van der Waals surface area contributed by atoms with Gasteiger partial charge in [-0.2, -0.15) is 0 Å². The maximum Gasteiger partial charge on any atom is 0.274 e. The normalized spacial score (nSPS) is 22.6. The van der Waals surface area contributed by atoms with E-state index in [0.29, 0.717) is 12.3 Å². The molecule has 1 aliphatic carbocycles. The van der Waals surface area contributed by atoms with Gasteiger partial charge in [0.2, 0.25) is 0 Å². The van der Waals surface area contributed by atoms with Gasteiger partial charge in [-0.25, -0.2) is 4.98 Å². The van der Waals surface area contributed by atoms with Crippen molar-refractivity contribution in [3.05, 3.63) is 36.2 Å². The lowest BCUT2D eigenvalue weighted by Gasteiger charge is -2.54. The lowest BCUT2D eigenvalue weighted by atomic mass is 9.63. The SMILES string of the molecule is CCO[C@H]1C[C@H](N(C)C(=O)c2cnc3ccccc3n2)C1(C)C. The number of carbonyl (C=O) groups is 1. The van der Waals surface area contributed by atoms with E-state index in [2.05, 4.69) is 23.8 Å². The Hall–Kier alpha value is -2.01. The number of fused-ring (bicyclic) bond motifs is 1. The molecule has 0 spiro atoms. The third-order valence-electron chi connectivity index (χ3n) is 4.95. The highest BCUT2D eigenvalue weighted by atomic mass is 16.5. The van der Waals surface area contributed by atoms with Crippen molar-refractivity contribution in [2.75, 3.05) is 13.7 Å². The third kappa shape index (κ3) is 2.70. The molecule has 122 valence electrons. The zero-order valence-corrected chi connectivity index (χ0v) is 14.1. The fraction of sp³-hybridized carbons (Fsp3) is 0.500. The smallest absolute Gasteiger partial charge is 0.274 e. The second kappa shape index (κ2) is 5.89. The van der Waals surface area contributed by atoms with Crippen LogP contribution in [0, 0.1) is 5.41 Å². The molecule has 23 heavy (non-hydrogen) atoms. The average molecular weight is 313 g/mol. The molecule has 1 aromatic carbocycles. The van der Waals surface area contributed by atoms with E-state index in [1.807, 2.05) is 38.2 Å². The van der Waals surface area contributed by atoms with Gasteiger partial charge in [-0.1, -0.05) is 26.0 Å². The van der Waals surface area contributed by atoms with Gasteiger partial charge in [0.05, 0.1) is 23.3 Å². The molecular weight excluding hydrogens is 290 g/mol. The van der Waals surface area contributed by atoms with Crippen molar-refractivity contribution in [2.24, 2.45) is 5.41 Å². The molecule has 0 radical (unpaired) electrons. The van der Waals surface area contributed by atoms with Crippen LogP contribution in [0.1, 0.15) is 37.7 Å². The Morgan fingerprint density at radius 1 is 1.35 bits per heavy atom. The summed E-state index contributed by atoms with van der Waals surface area (Å²) in [6.45, 7) is 7.01. The summed E-state index contributed by atoms with van der Waals surface area (Å²) in [7, 11) is 1.84. The van der Waals surface area contributed by atoms with Crippen molar-refractivity contribution in [1.82, 2.24) is 14.9 Å². The predicted octanol–water partition coefficient (Wildman–Crippen LogP) is 2.91. The van der Waals surface area contributed by atoms with Crippen LogP contribution in [0.5, 0.6) is 0 Å². The molecule has 5 heteroatoms. The zero-order chi connectivity index (χ0) is 16.6. The van der Waals surface area contributed by atoms with Gasteiger partial charge >= 0.3 is 0 Å². The maximum atomic E-state index is 12.8. The molecule has 0 aliphatic heterocycles. The second-order valence-corrected chi connectivity index (χ2v) is 6.68. The summed E-state index contributed by atoms with van der Waals surface area (Å²) >= 11 is 0. The number of carbonyl (C=O) groups excluding carboxylic acids is 1. The highest BCUT2D eigenvalue weighted by Crippen LogP contribution is 2.45. The van der Waals surface area contributed by atoms with Crippen LogP contribution in [-0.4, -0.2) is 46.6 Å². The maximum absolute atomic E-state index is 12.8. The summed E-state index contributed by atoms with van der Waals surface area (Å²) < 4.78 is 5.75. The molecular formula is C18H23N3O2. The molecule has 0 saturated heterocycles. The van der Waals surface area contributed by atoms with Crippen molar-refractivity contribution >= 4 is 16.9 Å². The molecule has 2 atom stereocenters. The Morgan fingerprint density at radius 2 is 2.04 bits per heavy atom. The van der Waals surface area contributed by atoms with Gasteiger partial charge in [0.25, 0.3) is 5.91 Å². The number of para-hydroxylation sites is 2. The fourth-order valence-corrected chi connectivity index (χ4v) is 3.39. The average Bonchev–Trinajstić information content (AvgIpc) is 2.56. The number of hydrogen-bond donors (Lipinski definition) is 0. The molecule has 1 saturated carbocycles. The van der Waals surface area contributed by atoms with Crippen molar-refractivity contribution in [1.29, 1.82) is 0 Å². The Kier molecular flexibility index (Phi) is 4.06. The van der Waals surface area contributed by atoms with Crippen molar-refractivity contribution in [3.8, 4) is 0 Å². The number of nitrogens with zero attached hydrogens (tertiary/aromatic N) is 3. The van der Waals surface area contributed by atoms with Crippen LogP contribution in [0.25, 0.3) is 11.0 Å². The number of amides is 1. The molecule has 1 aliphatic rings. The van der Waals surface area contributed by atoms with Gasteiger partial charge < -0.3 is 9.64 Å². The molecule has 0 unspecified atom stereocenters. The topological polar surface area (TPSA) is 55.3 Å². The molecule has 3 rings (SSSR count). The summed E-state index contributed by atoms with van der Waals surface area (Å²) in [6.07, 6.45) is 2.63. The minimum atomic E-state index is -0.0868. The van der Waals surface area contributed by atoms with E-state index in [1.54, 1.807) is 11.1 Å². The van der Waals surface area contributed by atoms with Gasteiger partial charge in [0.1, 0.15) is 5.69 Å². The van der Waals surface area contributed by atoms with E-state index in [0.717, 1.165) is 17.5 Å². The van der Waals surface area contributed by atoms with E-state index in [-0.39, 0.29) is 23.5 Å². The number of benzene rings is 1. The molecule has 1 heterocycles. The van der Waals surface area contributed by atoms with Crippen molar-refractivity contribution < 1.29 is 9.53 Å². The van der Waals surface area contributed by atoms with Crippen LogP contribution >= 0.6 is 0 Å². The molecule has 0 bridgehead atoms. The van der Waals surface area contributed by atoms with E-state index >= 15 is 0 Å². The summed E-state index contributed by atoms with van der Waals surface area (Å²) in [5.74, 6) is -0.0868. The predicted molar refractivity (Wildman–Crippen MR) is 89.2 cm³/mol. The first-order valence-electron chi connectivity index (χ1n) is 8.05. The van der Waals surface area contributed by atoms with E-state index in [4.69, 9.17) is 4.74 Å². The first-order chi connectivity index (χ1) is 10.9. The van der Waals surface area contributed by atoms with Crippen molar-refractivity contribution in [3.63, 3.8) is 0 Å². The van der Waals surface area contributed by atoms with E-state index < -0.39 is 0 Å². The Balaban J connectivity index is 1.79. The minimum absolute atomic E-state index is 0.0509. The Morgan fingerprint density at radius 3 is 2.70 bits per heavy atom. The van der Waals surface area contributed by atoms with Crippen LogP contribution in [0.2, 0.25) is 0 Å². The number of rotatable bonds is 4. The summed E-state index contributed by atoms with van der Waals surface area (Å²) in [5, 5.41) is 0. The molecule has 1 fully saturated rings. The van der Waals surface area contributed by atoms with E-state index in [9.17, 15) is 4.79 Å². The molecule has 1 aromatic heterocycles. The van der Waals surface area contributed by atoms with Crippen LogP contribution in [0.15, 0.2) is 30.5 Å². The van der Waals surface area contributed by atoms with Crippen LogP contribution in [0.3, 0.4) is 0 Å². The third-order valence-corrected chi connectivity index (χ3v) is 4.95. The standard InChI is InChI=1S/C18H23N3O2/c1-5-23-16-10-15(18(16,2)3)21(4)17(22)14-11-19-12-8-6-7-9-13(12)20-14/h6-9,11,15-16H,5,10H2,1-4H3/t15-,16-/m0/s1. The molecule has 0 N–H and O–H groups in total. The number of ether oxygens (including phenoxy) is 1. The van der Waals surface area contributed by atoms with Crippen molar-refractivity contribution in [2.45, 2.75) is 39.3 Å². The van der Waals surface area contributed by atoms with Crippen LogP contribution in [-0.2, 0) is 4.74 Å². The molecule has 1 amide bonds. The monoisotopic (exact) mass is 313 g/mol. The second-order valence-electron chi connectivity index (χ2n) is 6.68. The Bertz CT molecular complexity index is 729. The van der Waals surface area contributed by atoms with Gasteiger partial charge in [-0.05, 0) is 25.5 Å². The molecule has 2 aromatic rings. The van der Waals surface area contributed by atoms with E-state index in [1.165, 1.54) is 0 Å². The van der Waals surface area contributed by atoms with Gasteiger partial charge in [-0.15, -0.1) is 0 Å². The summed E-state index contributed by atoms with van der Waals surface area (Å²) in [5.41, 5.74) is 1.88. The lowest BCUT2D eigenvalue weighted by molar-refractivity contribution is -0.136. The van der Waals surface area contributed by atoms with Crippen LogP contribution < -0.4 is 0 Å². The number of hydrogen-bond acceptors (Lipinski definition) is 4. The minimum Gasteiger partial charge on any atom is -0.378 e. The van der Waals surface area contributed by atoms with Gasteiger partial charge in [0, 0.05) is 25.1 Å². The highest BCUT2D eigenvalue weighted by Gasteiger charge is 2.51. The van der Waals surface area contributed by atoms with Gasteiger partial charge in [-0.3, -0.25) is 9.78 Å². The fourth-order valence-electron chi connectivity index (χ4n) is 3.39. The quantitative estimate of drug-likeness (QED) is 0.871. The van der Waals surface area contributed by atoms with Gasteiger partial charge in [0.15, 0.2) is 0 Å². The summed E-state index contributed by atoms with van der Waals surface area (Å²) in [4.78, 5) is 23.3. The zero-order valence-electron chi connectivity index (χ0n) is 14.1. The summed E-state index contributed by atoms with van der Waals surface area (Å²) in [6, 6.07) is 7.73.